The predicted molar refractivity (Wildman–Crippen MR) is 78.4 cm³/mol. The Balaban J connectivity index is 2.12. The number of hydrogen-bond donors (Lipinski definition) is 1. The van der Waals surface area contributed by atoms with Gasteiger partial charge in [-0.25, -0.2) is 8.42 Å². The molecule has 0 bridgehead atoms. The first-order valence-electron chi connectivity index (χ1n) is 6.28. The van der Waals surface area contributed by atoms with Crippen molar-refractivity contribution in [2.75, 3.05) is 6.54 Å². The number of furan rings is 1. The lowest BCUT2D eigenvalue weighted by molar-refractivity contribution is 0.459. The van der Waals surface area contributed by atoms with Crippen LogP contribution in [0.4, 0.5) is 0 Å². The summed E-state index contributed by atoms with van der Waals surface area (Å²) < 4.78 is 29.9. The van der Waals surface area contributed by atoms with Crippen molar-refractivity contribution in [3.8, 4) is 0 Å². The average molecular weight is 314 g/mol. The Labute approximate surface area is 123 Å². The SMILES string of the molecule is CCNCc1ccc(CS(=O)(=O)c2ccc(Cl)cc2)o1. The molecule has 0 unspecified atom stereocenters. The van der Waals surface area contributed by atoms with Crippen LogP contribution in [-0.2, 0) is 22.1 Å². The van der Waals surface area contributed by atoms with Gasteiger partial charge >= 0.3 is 0 Å². The summed E-state index contributed by atoms with van der Waals surface area (Å²) in [6.07, 6.45) is 0. The third kappa shape index (κ3) is 3.85. The van der Waals surface area contributed by atoms with E-state index in [1.165, 1.54) is 12.1 Å². The van der Waals surface area contributed by atoms with Crippen LogP contribution in [0.2, 0.25) is 5.02 Å². The molecule has 1 aromatic carbocycles. The fourth-order valence-corrected chi connectivity index (χ4v) is 3.13. The van der Waals surface area contributed by atoms with Crippen LogP contribution in [0.15, 0.2) is 45.7 Å². The van der Waals surface area contributed by atoms with Crippen molar-refractivity contribution in [2.24, 2.45) is 0 Å². The number of hydrogen-bond acceptors (Lipinski definition) is 4. The maximum absolute atomic E-state index is 12.2. The lowest BCUT2D eigenvalue weighted by Gasteiger charge is -2.03. The van der Waals surface area contributed by atoms with Gasteiger partial charge in [-0.2, -0.15) is 0 Å². The maximum atomic E-state index is 12.2. The molecule has 0 aliphatic rings. The van der Waals surface area contributed by atoms with E-state index in [2.05, 4.69) is 5.32 Å². The van der Waals surface area contributed by atoms with Crippen LogP contribution in [0, 0.1) is 0 Å². The molecule has 0 spiro atoms. The number of benzene rings is 1. The summed E-state index contributed by atoms with van der Waals surface area (Å²) in [5.74, 6) is 1.02. The van der Waals surface area contributed by atoms with E-state index in [0.717, 1.165) is 12.3 Å². The number of halogens is 1. The van der Waals surface area contributed by atoms with E-state index in [9.17, 15) is 8.42 Å². The summed E-state index contributed by atoms with van der Waals surface area (Å²) in [6.45, 7) is 3.42. The van der Waals surface area contributed by atoms with E-state index in [1.54, 1.807) is 24.3 Å². The minimum atomic E-state index is -3.41. The van der Waals surface area contributed by atoms with Gasteiger partial charge in [-0.15, -0.1) is 0 Å². The fourth-order valence-electron chi connectivity index (χ4n) is 1.76. The van der Waals surface area contributed by atoms with Crippen molar-refractivity contribution in [1.82, 2.24) is 5.32 Å². The third-order valence-electron chi connectivity index (χ3n) is 2.77. The molecule has 0 radical (unpaired) electrons. The molecule has 0 saturated carbocycles. The molecule has 0 aliphatic heterocycles. The van der Waals surface area contributed by atoms with Crippen LogP contribution in [0.1, 0.15) is 18.4 Å². The Hall–Kier alpha value is -1.30. The topological polar surface area (TPSA) is 59.3 Å². The standard InChI is InChI=1S/C14H16ClNO3S/c1-2-16-9-12-5-6-13(19-12)10-20(17,18)14-7-3-11(15)4-8-14/h3-8,16H,2,9-10H2,1H3. The summed E-state index contributed by atoms with van der Waals surface area (Å²) >= 11 is 5.75. The lowest BCUT2D eigenvalue weighted by Crippen LogP contribution is -2.10. The highest BCUT2D eigenvalue weighted by molar-refractivity contribution is 7.90. The van der Waals surface area contributed by atoms with Crippen molar-refractivity contribution >= 4 is 21.4 Å². The summed E-state index contributed by atoms with van der Waals surface area (Å²) in [7, 11) is -3.41. The first-order valence-corrected chi connectivity index (χ1v) is 8.31. The molecule has 0 saturated heterocycles. The fraction of sp³-hybridized carbons (Fsp3) is 0.286. The van der Waals surface area contributed by atoms with Gasteiger partial charge < -0.3 is 9.73 Å². The van der Waals surface area contributed by atoms with Crippen LogP contribution in [0.3, 0.4) is 0 Å². The summed E-state index contributed by atoms with van der Waals surface area (Å²) in [5.41, 5.74) is 0. The van der Waals surface area contributed by atoms with Gasteiger partial charge in [0.2, 0.25) is 0 Å². The van der Waals surface area contributed by atoms with Gasteiger partial charge in [0.1, 0.15) is 17.3 Å². The van der Waals surface area contributed by atoms with E-state index in [0.29, 0.717) is 17.3 Å². The molecule has 1 N–H and O–H groups in total. The second-order valence-electron chi connectivity index (χ2n) is 4.36. The van der Waals surface area contributed by atoms with Crippen molar-refractivity contribution in [3.05, 3.63) is 52.9 Å². The molecule has 20 heavy (non-hydrogen) atoms. The molecule has 4 nitrogen and oxygen atoms in total. The zero-order chi connectivity index (χ0) is 14.6. The third-order valence-corrected chi connectivity index (χ3v) is 4.68. The van der Waals surface area contributed by atoms with Crippen LogP contribution >= 0.6 is 11.6 Å². The molecule has 108 valence electrons. The number of sulfone groups is 1. The first-order chi connectivity index (χ1) is 9.51. The van der Waals surface area contributed by atoms with E-state index in [4.69, 9.17) is 16.0 Å². The molecule has 0 fully saturated rings. The van der Waals surface area contributed by atoms with Crippen LogP contribution in [-0.4, -0.2) is 15.0 Å². The molecule has 1 aromatic heterocycles. The van der Waals surface area contributed by atoms with E-state index < -0.39 is 9.84 Å². The summed E-state index contributed by atoms with van der Waals surface area (Å²) in [6, 6.07) is 9.61. The molecule has 0 aliphatic carbocycles. The van der Waals surface area contributed by atoms with Crippen molar-refractivity contribution in [1.29, 1.82) is 0 Å². The van der Waals surface area contributed by atoms with Crippen LogP contribution < -0.4 is 5.32 Å². The van der Waals surface area contributed by atoms with Crippen LogP contribution in [0.5, 0.6) is 0 Å². The number of rotatable bonds is 6. The van der Waals surface area contributed by atoms with E-state index in [1.807, 2.05) is 6.92 Å². The summed E-state index contributed by atoms with van der Waals surface area (Å²) in [5, 5.41) is 3.63. The molecule has 2 aromatic rings. The molecule has 0 amide bonds. The molecular formula is C14H16ClNO3S. The van der Waals surface area contributed by atoms with Gasteiger partial charge in [0.25, 0.3) is 0 Å². The smallest absolute Gasteiger partial charge is 0.185 e. The van der Waals surface area contributed by atoms with Gasteiger partial charge in [-0.05, 0) is 42.9 Å². The van der Waals surface area contributed by atoms with Crippen LogP contribution in [0.25, 0.3) is 0 Å². The van der Waals surface area contributed by atoms with Gasteiger partial charge in [-0.3, -0.25) is 0 Å². The Morgan fingerprint density at radius 2 is 1.75 bits per heavy atom. The molecule has 2 rings (SSSR count). The largest absolute Gasteiger partial charge is 0.464 e. The normalized spacial score (nSPS) is 11.7. The highest BCUT2D eigenvalue weighted by Gasteiger charge is 2.17. The minimum Gasteiger partial charge on any atom is -0.464 e. The predicted octanol–water partition coefficient (Wildman–Crippen LogP) is 3.02. The zero-order valence-electron chi connectivity index (χ0n) is 11.1. The van der Waals surface area contributed by atoms with Crippen molar-refractivity contribution < 1.29 is 12.8 Å². The van der Waals surface area contributed by atoms with Gasteiger partial charge in [0.05, 0.1) is 11.4 Å². The molecular weight excluding hydrogens is 298 g/mol. The Morgan fingerprint density at radius 3 is 2.40 bits per heavy atom. The lowest BCUT2D eigenvalue weighted by atomic mass is 10.4. The Bertz CT molecular complexity index is 662. The molecule has 6 heteroatoms. The Morgan fingerprint density at radius 1 is 1.10 bits per heavy atom. The maximum Gasteiger partial charge on any atom is 0.185 e. The van der Waals surface area contributed by atoms with Crippen molar-refractivity contribution in [2.45, 2.75) is 24.1 Å². The highest BCUT2D eigenvalue weighted by atomic mass is 35.5. The second-order valence-corrected chi connectivity index (χ2v) is 6.79. The summed E-state index contributed by atoms with van der Waals surface area (Å²) in [4.78, 5) is 0.242. The van der Waals surface area contributed by atoms with Gasteiger partial charge in [0, 0.05) is 5.02 Å². The second kappa shape index (κ2) is 6.43. The van der Waals surface area contributed by atoms with Crippen molar-refractivity contribution in [3.63, 3.8) is 0 Å². The quantitative estimate of drug-likeness (QED) is 0.890. The van der Waals surface area contributed by atoms with E-state index in [-0.39, 0.29) is 10.6 Å². The Kier molecular flexibility index (Phi) is 4.86. The van der Waals surface area contributed by atoms with Gasteiger partial charge in [0.15, 0.2) is 9.84 Å². The zero-order valence-corrected chi connectivity index (χ0v) is 12.7. The average Bonchev–Trinajstić information content (AvgIpc) is 2.83. The van der Waals surface area contributed by atoms with E-state index >= 15 is 0 Å². The highest BCUT2D eigenvalue weighted by Crippen LogP contribution is 2.20. The minimum absolute atomic E-state index is 0.152. The first kappa shape index (κ1) is 15.1. The molecule has 1 heterocycles. The number of nitrogens with one attached hydrogen (secondary N) is 1. The van der Waals surface area contributed by atoms with Gasteiger partial charge in [-0.1, -0.05) is 18.5 Å². The monoisotopic (exact) mass is 313 g/mol. The molecule has 0 atom stereocenters.